The van der Waals surface area contributed by atoms with Crippen LogP contribution in [0.1, 0.15) is 24.4 Å². The summed E-state index contributed by atoms with van der Waals surface area (Å²) in [4.78, 5) is 28.8. The zero-order valence-corrected chi connectivity index (χ0v) is 15.9. The van der Waals surface area contributed by atoms with Crippen LogP contribution in [0.5, 0.6) is 0 Å². The number of hydrogen-bond acceptors (Lipinski definition) is 4. The van der Waals surface area contributed by atoms with Gasteiger partial charge in [0.1, 0.15) is 0 Å². The van der Waals surface area contributed by atoms with Gasteiger partial charge in [0.15, 0.2) is 0 Å². The number of hydrogen-bond donors (Lipinski definition) is 1. The van der Waals surface area contributed by atoms with Gasteiger partial charge in [0.25, 0.3) is 0 Å². The van der Waals surface area contributed by atoms with Gasteiger partial charge in [0.05, 0.1) is 30.6 Å². The Bertz CT molecular complexity index is 917. The highest BCUT2D eigenvalue weighted by molar-refractivity contribution is 6.31. The monoisotopic (exact) mass is 385 g/mol. The van der Waals surface area contributed by atoms with Crippen molar-refractivity contribution in [3.63, 3.8) is 0 Å². The van der Waals surface area contributed by atoms with Crippen LogP contribution in [-0.2, 0) is 9.53 Å². The summed E-state index contributed by atoms with van der Waals surface area (Å²) in [6.07, 6.45) is 0.377. The van der Waals surface area contributed by atoms with Crippen molar-refractivity contribution < 1.29 is 14.3 Å². The highest BCUT2D eigenvalue weighted by Gasteiger charge is 2.43. The highest BCUT2D eigenvalue weighted by Crippen LogP contribution is 2.48. The van der Waals surface area contributed by atoms with E-state index in [1.165, 1.54) is 7.11 Å². The number of nitrogens with zero attached hydrogens (tertiary/aromatic N) is 2. The molecule has 4 rings (SSSR count). The van der Waals surface area contributed by atoms with Crippen LogP contribution in [0.25, 0.3) is 0 Å². The van der Waals surface area contributed by atoms with E-state index in [9.17, 15) is 9.59 Å². The lowest BCUT2D eigenvalue weighted by Crippen LogP contribution is -2.52. The van der Waals surface area contributed by atoms with Crippen LogP contribution in [0.3, 0.4) is 0 Å². The third kappa shape index (κ3) is 2.90. The maximum atomic E-state index is 13.0. The smallest absolute Gasteiger partial charge is 0.407 e. The van der Waals surface area contributed by atoms with Crippen LogP contribution < -0.4 is 15.1 Å². The zero-order chi connectivity index (χ0) is 19.1. The lowest BCUT2D eigenvalue weighted by molar-refractivity contribution is -0.120. The summed E-state index contributed by atoms with van der Waals surface area (Å²) in [5, 5.41) is 3.47. The first-order chi connectivity index (χ1) is 13.0. The molecule has 2 heterocycles. The van der Waals surface area contributed by atoms with Crippen LogP contribution in [0.4, 0.5) is 21.9 Å². The topological polar surface area (TPSA) is 61.9 Å². The lowest BCUT2D eigenvalue weighted by atomic mass is 9.89. The number of rotatable bonds is 1. The maximum absolute atomic E-state index is 13.0. The molecule has 2 aliphatic heterocycles. The molecule has 7 heteroatoms. The fourth-order valence-corrected chi connectivity index (χ4v) is 4.21. The maximum Gasteiger partial charge on any atom is 0.407 e. The van der Waals surface area contributed by atoms with E-state index in [0.29, 0.717) is 17.9 Å². The van der Waals surface area contributed by atoms with E-state index in [2.05, 4.69) is 10.2 Å². The van der Waals surface area contributed by atoms with E-state index in [4.69, 9.17) is 16.3 Å². The van der Waals surface area contributed by atoms with Gasteiger partial charge in [-0.15, -0.1) is 0 Å². The van der Waals surface area contributed by atoms with Crippen LogP contribution >= 0.6 is 11.6 Å². The van der Waals surface area contributed by atoms with Gasteiger partial charge in [0.2, 0.25) is 5.91 Å². The van der Waals surface area contributed by atoms with Crippen molar-refractivity contribution >= 4 is 40.7 Å². The second-order valence-electron chi connectivity index (χ2n) is 6.74. The molecule has 2 aromatic rings. The molecular formula is C20H20ClN3O3. The Kier molecular flexibility index (Phi) is 4.44. The molecular weight excluding hydrogens is 366 g/mol. The Hall–Kier alpha value is -2.73. The molecule has 0 saturated carbocycles. The number of carbonyl (C=O) groups is 2. The molecule has 2 unspecified atom stereocenters. The molecule has 27 heavy (non-hydrogen) atoms. The van der Waals surface area contributed by atoms with Crippen molar-refractivity contribution in [1.29, 1.82) is 0 Å². The summed E-state index contributed by atoms with van der Waals surface area (Å²) in [5.41, 5.74) is 3.59. The average Bonchev–Trinajstić information content (AvgIpc) is 2.78. The zero-order valence-electron chi connectivity index (χ0n) is 15.1. The third-order valence-electron chi connectivity index (χ3n) is 5.26. The number of piperidine rings is 1. The van der Waals surface area contributed by atoms with E-state index >= 15 is 0 Å². The number of ether oxygens (including phenoxy) is 1. The van der Waals surface area contributed by atoms with Crippen LogP contribution in [0, 0.1) is 0 Å². The van der Waals surface area contributed by atoms with E-state index < -0.39 is 6.09 Å². The van der Waals surface area contributed by atoms with Gasteiger partial charge in [-0.3, -0.25) is 4.79 Å². The molecule has 2 aromatic carbocycles. The van der Waals surface area contributed by atoms with Crippen molar-refractivity contribution in [2.24, 2.45) is 0 Å². The molecule has 1 saturated heterocycles. The van der Waals surface area contributed by atoms with Gasteiger partial charge >= 0.3 is 6.09 Å². The Morgan fingerprint density at radius 2 is 1.96 bits per heavy atom. The Labute approximate surface area is 162 Å². The highest BCUT2D eigenvalue weighted by atomic mass is 35.5. The van der Waals surface area contributed by atoms with E-state index in [1.54, 1.807) is 4.90 Å². The van der Waals surface area contributed by atoms with E-state index in [0.717, 1.165) is 22.6 Å². The Morgan fingerprint density at radius 1 is 1.19 bits per heavy atom. The van der Waals surface area contributed by atoms with Gasteiger partial charge in [-0.05, 0) is 30.7 Å². The molecule has 0 aromatic heterocycles. The Balaban J connectivity index is 1.94. The first-order valence-corrected chi connectivity index (χ1v) is 9.18. The predicted octanol–water partition coefficient (Wildman–Crippen LogP) is 4.01. The fraction of sp³-hybridized carbons (Fsp3) is 0.300. The van der Waals surface area contributed by atoms with Crippen molar-refractivity contribution in [3.05, 3.63) is 53.1 Å². The van der Waals surface area contributed by atoms with Crippen molar-refractivity contribution in [1.82, 2.24) is 5.32 Å². The van der Waals surface area contributed by atoms with Gasteiger partial charge in [-0.1, -0.05) is 29.8 Å². The average molecular weight is 386 g/mol. The molecule has 0 bridgehead atoms. The number of carbonyl (C=O) groups excluding carboxylic acids is 2. The second-order valence-corrected chi connectivity index (χ2v) is 7.18. The van der Waals surface area contributed by atoms with Gasteiger partial charge < -0.3 is 19.9 Å². The number of alkyl carbamates (subject to hydrolysis) is 1. The predicted molar refractivity (Wildman–Crippen MR) is 105 cm³/mol. The van der Waals surface area contributed by atoms with Gasteiger partial charge in [0, 0.05) is 29.7 Å². The third-order valence-corrected chi connectivity index (χ3v) is 5.50. The number of methoxy groups -OCH3 is 1. The number of benzene rings is 2. The summed E-state index contributed by atoms with van der Waals surface area (Å²) in [6, 6.07) is 12.9. The number of amides is 2. The largest absolute Gasteiger partial charge is 0.453 e. The first-order valence-electron chi connectivity index (χ1n) is 8.80. The minimum absolute atomic E-state index is 0.0107. The minimum Gasteiger partial charge on any atom is -0.453 e. The summed E-state index contributed by atoms with van der Waals surface area (Å²) in [5.74, 6) is 0.0107. The molecule has 1 fully saturated rings. The molecule has 0 radical (unpaired) electrons. The summed E-state index contributed by atoms with van der Waals surface area (Å²) in [6.45, 7) is 0. The van der Waals surface area contributed by atoms with Gasteiger partial charge in [-0.2, -0.15) is 0 Å². The minimum atomic E-state index is -0.504. The Morgan fingerprint density at radius 3 is 2.74 bits per heavy atom. The summed E-state index contributed by atoms with van der Waals surface area (Å²) < 4.78 is 4.80. The molecule has 0 aliphatic carbocycles. The first kappa shape index (κ1) is 17.7. The SMILES string of the molecule is COC(=O)NC1CCC(=O)N2c3cc(Cl)ccc3N(C)c3ccccc3C12. The molecule has 0 spiro atoms. The molecule has 2 aliphatic rings. The van der Waals surface area contributed by atoms with Crippen molar-refractivity contribution in [3.8, 4) is 0 Å². The molecule has 6 nitrogen and oxygen atoms in total. The number of halogens is 1. The number of anilines is 3. The van der Waals surface area contributed by atoms with E-state index in [1.807, 2.05) is 49.5 Å². The quantitative estimate of drug-likeness (QED) is 0.805. The van der Waals surface area contributed by atoms with Crippen molar-refractivity contribution in [2.45, 2.75) is 24.9 Å². The summed E-state index contributed by atoms with van der Waals surface area (Å²) in [7, 11) is 3.31. The van der Waals surface area contributed by atoms with Gasteiger partial charge in [-0.25, -0.2) is 4.79 Å². The van der Waals surface area contributed by atoms with Crippen LogP contribution in [0.15, 0.2) is 42.5 Å². The standard InChI is InChI=1S/C20H20ClN3O3/c1-23-15-6-4-3-5-13(15)19-14(22-20(26)27-2)8-10-18(25)24(19)17-11-12(21)7-9-16(17)23/h3-7,9,11,14,19H,8,10H2,1-2H3,(H,22,26). The molecule has 1 N–H and O–H groups in total. The fourth-order valence-electron chi connectivity index (χ4n) is 4.04. The van der Waals surface area contributed by atoms with E-state index in [-0.39, 0.29) is 18.0 Å². The molecule has 2 atom stereocenters. The number of fused-ring (bicyclic) bond motifs is 5. The van der Waals surface area contributed by atoms with Crippen LogP contribution in [0.2, 0.25) is 5.02 Å². The lowest BCUT2D eigenvalue weighted by Gasteiger charge is -2.41. The second kappa shape index (κ2) is 6.78. The molecule has 2 amide bonds. The summed E-state index contributed by atoms with van der Waals surface area (Å²) >= 11 is 6.26. The number of para-hydroxylation sites is 1. The molecule has 140 valence electrons. The van der Waals surface area contributed by atoms with Crippen LogP contribution in [-0.4, -0.2) is 32.2 Å². The van der Waals surface area contributed by atoms with Crippen molar-refractivity contribution in [2.75, 3.05) is 24.0 Å². The normalized spacial score (nSPS) is 20.9. The number of nitrogens with one attached hydrogen (secondary N) is 1.